The molecule has 106 valence electrons. The molecule has 19 heavy (non-hydrogen) atoms. The highest BCUT2D eigenvalue weighted by Crippen LogP contribution is 2.28. The van der Waals surface area contributed by atoms with Crippen LogP contribution in [-0.2, 0) is 4.74 Å². The third-order valence-electron chi connectivity index (χ3n) is 4.09. The van der Waals surface area contributed by atoms with Crippen molar-refractivity contribution in [1.82, 2.24) is 0 Å². The lowest BCUT2D eigenvalue weighted by molar-refractivity contribution is 0.0435. The fourth-order valence-corrected chi connectivity index (χ4v) is 2.84. The molecule has 2 aliphatic rings. The molecule has 0 aromatic carbocycles. The van der Waals surface area contributed by atoms with E-state index in [1.54, 1.807) is 0 Å². The molecule has 0 heterocycles. The highest BCUT2D eigenvalue weighted by atomic mass is 16.5. The third-order valence-corrected chi connectivity index (χ3v) is 4.09. The van der Waals surface area contributed by atoms with Crippen LogP contribution in [0.4, 0.5) is 0 Å². The minimum Gasteiger partial charge on any atom is -0.488 e. The van der Waals surface area contributed by atoms with Gasteiger partial charge >= 0.3 is 0 Å². The Kier molecular flexibility index (Phi) is 4.90. The van der Waals surface area contributed by atoms with Gasteiger partial charge in [0.1, 0.15) is 11.4 Å². The average molecular weight is 260 g/mol. The largest absolute Gasteiger partial charge is 0.488 e. The molecule has 2 rings (SSSR count). The second-order valence-electron chi connectivity index (χ2n) is 6.72. The summed E-state index contributed by atoms with van der Waals surface area (Å²) in [6, 6.07) is 0. The van der Waals surface area contributed by atoms with Crippen LogP contribution >= 0.6 is 0 Å². The first-order valence-electron chi connectivity index (χ1n) is 7.79. The molecule has 0 radical (unpaired) electrons. The number of ether oxygens (including phenoxy) is 1. The van der Waals surface area contributed by atoms with Crippen molar-refractivity contribution >= 4 is 0 Å². The Morgan fingerprint density at radius 2 is 2.05 bits per heavy atom. The lowest BCUT2D eigenvalue weighted by atomic mass is 10.00. The van der Waals surface area contributed by atoms with Crippen LogP contribution in [0, 0.1) is 11.8 Å². The van der Waals surface area contributed by atoms with E-state index >= 15 is 0 Å². The summed E-state index contributed by atoms with van der Waals surface area (Å²) in [6.45, 7) is 6.59. The van der Waals surface area contributed by atoms with Crippen LogP contribution in [-0.4, -0.2) is 5.60 Å². The molecule has 2 aliphatic carbocycles. The minimum absolute atomic E-state index is 0.105. The molecule has 0 aromatic heterocycles. The maximum atomic E-state index is 6.11. The van der Waals surface area contributed by atoms with Gasteiger partial charge in [0.2, 0.25) is 0 Å². The Morgan fingerprint density at radius 1 is 1.32 bits per heavy atom. The molecule has 0 bridgehead atoms. The highest BCUT2D eigenvalue weighted by Gasteiger charge is 2.20. The second-order valence-corrected chi connectivity index (χ2v) is 6.72. The fourth-order valence-electron chi connectivity index (χ4n) is 2.84. The molecule has 1 nitrogen and oxygen atoms in total. The summed E-state index contributed by atoms with van der Waals surface area (Å²) in [4.78, 5) is 0. The van der Waals surface area contributed by atoms with Gasteiger partial charge in [0, 0.05) is 6.42 Å². The molecule has 1 heteroatoms. The van der Waals surface area contributed by atoms with Crippen molar-refractivity contribution < 1.29 is 4.74 Å². The maximum Gasteiger partial charge on any atom is 0.115 e. The summed E-state index contributed by atoms with van der Waals surface area (Å²) in [7, 11) is 0. The molecule has 0 N–H and O–H groups in total. The van der Waals surface area contributed by atoms with Crippen LogP contribution in [0.1, 0.15) is 59.3 Å². The Balaban J connectivity index is 1.79. The van der Waals surface area contributed by atoms with Crippen molar-refractivity contribution in [3.05, 3.63) is 36.1 Å². The van der Waals surface area contributed by atoms with E-state index in [0.717, 1.165) is 24.5 Å². The van der Waals surface area contributed by atoms with Crippen LogP contribution in [0.2, 0.25) is 0 Å². The lowest BCUT2D eigenvalue weighted by Gasteiger charge is -2.27. The summed E-state index contributed by atoms with van der Waals surface area (Å²) >= 11 is 0. The van der Waals surface area contributed by atoms with E-state index in [1.165, 1.54) is 25.7 Å². The lowest BCUT2D eigenvalue weighted by Crippen LogP contribution is -2.23. The normalized spacial score (nSPS) is 25.0. The van der Waals surface area contributed by atoms with Gasteiger partial charge in [-0.25, -0.2) is 0 Å². The monoisotopic (exact) mass is 260 g/mol. The molecule has 1 atom stereocenters. The van der Waals surface area contributed by atoms with Gasteiger partial charge in [-0.15, -0.1) is 0 Å². The predicted molar refractivity (Wildman–Crippen MR) is 81.9 cm³/mol. The van der Waals surface area contributed by atoms with Crippen molar-refractivity contribution in [3.8, 4) is 0 Å². The van der Waals surface area contributed by atoms with Gasteiger partial charge in [-0.3, -0.25) is 0 Å². The number of rotatable bonds is 5. The first kappa shape index (κ1) is 14.4. The van der Waals surface area contributed by atoms with Crippen LogP contribution in [0.3, 0.4) is 0 Å². The topological polar surface area (TPSA) is 9.23 Å². The average Bonchev–Trinajstić information content (AvgIpc) is 2.85. The van der Waals surface area contributed by atoms with Crippen molar-refractivity contribution in [2.75, 3.05) is 0 Å². The van der Waals surface area contributed by atoms with E-state index in [4.69, 9.17) is 4.74 Å². The van der Waals surface area contributed by atoms with Gasteiger partial charge in [-0.2, -0.15) is 0 Å². The van der Waals surface area contributed by atoms with E-state index < -0.39 is 0 Å². The first-order valence-corrected chi connectivity index (χ1v) is 7.79. The molecule has 1 saturated carbocycles. The summed E-state index contributed by atoms with van der Waals surface area (Å²) in [6.07, 6.45) is 19.0. The predicted octanol–water partition coefficient (Wildman–Crippen LogP) is 5.40. The van der Waals surface area contributed by atoms with Crippen LogP contribution in [0.25, 0.3) is 0 Å². The van der Waals surface area contributed by atoms with Crippen molar-refractivity contribution in [2.24, 2.45) is 11.8 Å². The minimum atomic E-state index is -0.105. The summed E-state index contributed by atoms with van der Waals surface area (Å²) in [5.74, 6) is 2.51. The van der Waals surface area contributed by atoms with Crippen molar-refractivity contribution in [2.45, 2.75) is 64.9 Å². The second kappa shape index (κ2) is 6.45. The Morgan fingerprint density at radius 3 is 2.68 bits per heavy atom. The Bertz CT molecular complexity index is 367. The van der Waals surface area contributed by atoms with Crippen LogP contribution in [0.5, 0.6) is 0 Å². The first-order chi connectivity index (χ1) is 9.05. The quantitative estimate of drug-likeness (QED) is 0.601. The SMILES string of the molecule is CC1C=CC(OC(C)(C)C/C=C/C2CCCC2)=CC1. The molecule has 1 fully saturated rings. The molecule has 0 aromatic rings. The van der Waals surface area contributed by atoms with Gasteiger partial charge < -0.3 is 4.74 Å². The van der Waals surface area contributed by atoms with Gasteiger partial charge in [-0.1, -0.05) is 38.0 Å². The Labute approximate surface area is 118 Å². The zero-order valence-corrected chi connectivity index (χ0v) is 12.7. The third kappa shape index (κ3) is 4.89. The molecule has 0 saturated heterocycles. The maximum absolute atomic E-state index is 6.11. The summed E-state index contributed by atoms with van der Waals surface area (Å²) < 4.78 is 6.11. The zero-order valence-electron chi connectivity index (χ0n) is 12.7. The van der Waals surface area contributed by atoms with E-state index in [1.807, 2.05) is 0 Å². The van der Waals surface area contributed by atoms with Gasteiger partial charge in [-0.05, 0) is 57.1 Å². The zero-order chi connectivity index (χ0) is 13.7. The number of hydrogen-bond donors (Lipinski definition) is 0. The molecular formula is C18H28O. The van der Waals surface area contributed by atoms with Gasteiger partial charge in [0.25, 0.3) is 0 Å². The molecule has 1 unspecified atom stereocenters. The Hall–Kier alpha value is -0.980. The molecule has 0 aliphatic heterocycles. The van der Waals surface area contributed by atoms with Crippen LogP contribution < -0.4 is 0 Å². The van der Waals surface area contributed by atoms with Crippen molar-refractivity contribution in [1.29, 1.82) is 0 Å². The van der Waals surface area contributed by atoms with E-state index in [0.29, 0.717) is 5.92 Å². The molecule has 0 spiro atoms. The standard InChI is InChI=1S/C18H28O/c1-15-10-12-17(13-11-15)19-18(2,3)14-6-9-16-7-4-5-8-16/h6,9-10,12-13,15-16H,4-5,7-8,11,14H2,1-3H3/b9-6+. The fraction of sp³-hybridized carbons (Fsp3) is 0.667. The van der Waals surface area contributed by atoms with E-state index in [2.05, 4.69) is 51.2 Å². The summed E-state index contributed by atoms with van der Waals surface area (Å²) in [5.41, 5.74) is -0.105. The van der Waals surface area contributed by atoms with E-state index in [-0.39, 0.29) is 5.60 Å². The van der Waals surface area contributed by atoms with Crippen molar-refractivity contribution in [3.63, 3.8) is 0 Å². The molecule has 0 amide bonds. The summed E-state index contributed by atoms with van der Waals surface area (Å²) in [5, 5.41) is 0. The molecular weight excluding hydrogens is 232 g/mol. The number of allylic oxidation sites excluding steroid dienone is 4. The van der Waals surface area contributed by atoms with Gasteiger partial charge in [0.05, 0.1) is 0 Å². The smallest absolute Gasteiger partial charge is 0.115 e. The highest BCUT2D eigenvalue weighted by molar-refractivity contribution is 5.18. The number of hydrogen-bond acceptors (Lipinski definition) is 1. The van der Waals surface area contributed by atoms with Gasteiger partial charge in [0.15, 0.2) is 0 Å². The van der Waals surface area contributed by atoms with E-state index in [9.17, 15) is 0 Å². The van der Waals surface area contributed by atoms with Crippen LogP contribution in [0.15, 0.2) is 36.1 Å².